The monoisotopic (exact) mass is 499 g/mol. The molecule has 1 aliphatic heterocycles. The van der Waals surface area contributed by atoms with Gasteiger partial charge in [-0.2, -0.15) is 13.2 Å². The van der Waals surface area contributed by atoms with Crippen LogP contribution < -0.4 is 0 Å². The van der Waals surface area contributed by atoms with Crippen LogP contribution in [0.15, 0.2) is 42.6 Å². The highest BCUT2D eigenvalue weighted by Crippen LogP contribution is 2.34. The Balaban J connectivity index is 1.82. The molecule has 2 atom stereocenters. The fourth-order valence-electron chi connectivity index (χ4n) is 3.91. The van der Waals surface area contributed by atoms with Crippen LogP contribution in [0.25, 0.3) is 0 Å². The summed E-state index contributed by atoms with van der Waals surface area (Å²) in [5.74, 6) is 0. The quantitative estimate of drug-likeness (QED) is 0.566. The number of aliphatic hydroxyl groups is 1. The lowest BCUT2D eigenvalue weighted by atomic mass is 9.99. The maximum Gasteiger partial charge on any atom is 0.417 e. The van der Waals surface area contributed by atoms with E-state index in [9.17, 15) is 23.1 Å². The van der Waals surface area contributed by atoms with Crippen LogP contribution in [0, 0.1) is 0 Å². The Bertz CT molecular complexity index is 983. The van der Waals surface area contributed by atoms with Crippen LogP contribution in [0.5, 0.6) is 0 Å². The number of benzene rings is 1. The molecular formula is C24H29ClF3N3O3. The number of aromatic nitrogens is 1. The molecular weight excluding hydrogens is 471 g/mol. The summed E-state index contributed by atoms with van der Waals surface area (Å²) in [6.07, 6.45) is -5.89. The molecule has 1 aliphatic rings. The Morgan fingerprint density at radius 3 is 2.53 bits per heavy atom. The second kappa shape index (κ2) is 10.5. The van der Waals surface area contributed by atoms with E-state index in [0.29, 0.717) is 32.4 Å². The number of rotatable bonds is 5. The molecule has 3 rings (SSSR count). The smallest absolute Gasteiger partial charge is 0.417 e. The summed E-state index contributed by atoms with van der Waals surface area (Å²) in [5.41, 5.74) is -0.738. The van der Waals surface area contributed by atoms with Crippen molar-refractivity contribution in [2.45, 2.75) is 57.7 Å². The third kappa shape index (κ3) is 7.07. The number of piperazine rings is 1. The van der Waals surface area contributed by atoms with Gasteiger partial charge in [0.05, 0.1) is 17.7 Å². The number of halogens is 4. The van der Waals surface area contributed by atoms with Crippen molar-refractivity contribution in [1.29, 1.82) is 0 Å². The highest BCUT2D eigenvalue weighted by molar-refractivity contribution is 6.30. The third-order valence-electron chi connectivity index (χ3n) is 5.49. The number of carbonyl (C=O) groups excluding carboxylic acids is 1. The van der Waals surface area contributed by atoms with Crippen molar-refractivity contribution in [1.82, 2.24) is 14.8 Å². The van der Waals surface area contributed by atoms with Gasteiger partial charge in [-0.15, -0.1) is 0 Å². The number of hydrogen-bond acceptors (Lipinski definition) is 5. The molecule has 1 aromatic carbocycles. The van der Waals surface area contributed by atoms with E-state index in [1.807, 2.05) is 30.3 Å². The molecule has 0 radical (unpaired) electrons. The number of hydrogen-bond donors (Lipinski definition) is 1. The Morgan fingerprint density at radius 2 is 1.91 bits per heavy atom. The molecule has 1 fully saturated rings. The second-order valence-corrected chi connectivity index (χ2v) is 9.76. The van der Waals surface area contributed by atoms with E-state index in [4.69, 9.17) is 16.3 Å². The summed E-state index contributed by atoms with van der Waals surface area (Å²) in [4.78, 5) is 20.2. The van der Waals surface area contributed by atoms with E-state index in [1.54, 1.807) is 20.8 Å². The number of aliphatic hydroxyl groups excluding tert-OH is 1. The lowest BCUT2D eigenvalue weighted by molar-refractivity contribution is -0.137. The van der Waals surface area contributed by atoms with E-state index in [-0.39, 0.29) is 17.1 Å². The summed E-state index contributed by atoms with van der Waals surface area (Å²) in [6, 6.07) is 10.1. The van der Waals surface area contributed by atoms with E-state index < -0.39 is 35.6 Å². The summed E-state index contributed by atoms with van der Waals surface area (Å²) in [5, 5.41) is 10.7. The molecule has 0 bridgehead atoms. The fraction of sp³-hybridized carbons (Fsp3) is 0.500. The van der Waals surface area contributed by atoms with Crippen LogP contribution >= 0.6 is 11.6 Å². The van der Waals surface area contributed by atoms with Crippen molar-refractivity contribution in [3.05, 3.63) is 64.4 Å². The van der Waals surface area contributed by atoms with Gasteiger partial charge in [0.1, 0.15) is 10.8 Å². The molecule has 2 unspecified atom stereocenters. The van der Waals surface area contributed by atoms with Gasteiger partial charge in [-0.05, 0) is 38.8 Å². The third-order valence-corrected chi connectivity index (χ3v) is 5.81. The minimum atomic E-state index is -4.62. The van der Waals surface area contributed by atoms with E-state index in [0.717, 1.165) is 11.6 Å². The van der Waals surface area contributed by atoms with E-state index in [2.05, 4.69) is 9.88 Å². The van der Waals surface area contributed by atoms with Crippen LogP contribution in [-0.4, -0.2) is 57.3 Å². The molecule has 1 aromatic heterocycles. The van der Waals surface area contributed by atoms with Gasteiger partial charge in [-0.25, -0.2) is 9.78 Å². The van der Waals surface area contributed by atoms with Gasteiger partial charge in [0.15, 0.2) is 0 Å². The number of ether oxygens (including phenoxy) is 1. The Labute approximate surface area is 202 Å². The van der Waals surface area contributed by atoms with Crippen molar-refractivity contribution in [3.63, 3.8) is 0 Å². The number of pyridine rings is 1. The molecule has 1 amide bonds. The summed E-state index contributed by atoms with van der Waals surface area (Å²) < 4.78 is 45.0. The molecule has 1 N–H and O–H groups in total. The van der Waals surface area contributed by atoms with Crippen molar-refractivity contribution < 1.29 is 27.8 Å². The van der Waals surface area contributed by atoms with Crippen LogP contribution in [0.4, 0.5) is 18.0 Å². The molecule has 2 aromatic rings. The number of carbonyl (C=O) groups is 1. The fourth-order valence-corrected chi connectivity index (χ4v) is 4.14. The zero-order valence-electron chi connectivity index (χ0n) is 19.3. The summed E-state index contributed by atoms with van der Waals surface area (Å²) >= 11 is 6.03. The average molecular weight is 500 g/mol. The van der Waals surface area contributed by atoms with Gasteiger partial charge in [-0.3, -0.25) is 4.90 Å². The molecule has 1 saturated heterocycles. The van der Waals surface area contributed by atoms with E-state index >= 15 is 0 Å². The molecule has 186 valence electrons. The van der Waals surface area contributed by atoms with Crippen molar-refractivity contribution in [3.8, 4) is 0 Å². The average Bonchev–Trinajstić information content (AvgIpc) is 2.72. The lowest BCUT2D eigenvalue weighted by Gasteiger charge is -2.42. The molecule has 6 nitrogen and oxygen atoms in total. The lowest BCUT2D eigenvalue weighted by Crippen LogP contribution is -2.56. The highest BCUT2D eigenvalue weighted by atomic mass is 35.5. The molecule has 0 aliphatic carbocycles. The Hall–Kier alpha value is -2.36. The first kappa shape index (κ1) is 26.2. The predicted molar refractivity (Wildman–Crippen MR) is 122 cm³/mol. The molecule has 0 saturated carbocycles. The number of amides is 1. The SMILES string of the molecule is CC(C)(C)OC(=O)N1CCN(Cc2ccccc2)CC1CC(O)c1cc(C(F)(F)F)cnc1Cl. The van der Waals surface area contributed by atoms with Crippen molar-refractivity contribution >= 4 is 17.7 Å². The van der Waals surface area contributed by atoms with Crippen LogP contribution in [0.2, 0.25) is 5.15 Å². The maximum atomic E-state index is 13.2. The minimum absolute atomic E-state index is 0.0206. The Kier molecular flexibility index (Phi) is 8.10. The number of alkyl halides is 3. The topological polar surface area (TPSA) is 65.9 Å². The molecule has 34 heavy (non-hydrogen) atoms. The van der Waals surface area contributed by atoms with Gasteiger partial charge in [0.25, 0.3) is 0 Å². The van der Waals surface area contributed by atoms with Gasteiger partial charge >= 0.3 is 12.3 Å². The largest absolute Gasteiger partial charge is 0.444 e. The highest BCUT2D eigenvalue weighted by Gasteiger charge is 2.36. The molecule has 10 heteroatoms. The normalized spacial score (nSPS) is 18.6. The van der Waals surface area contributed by atoms with Gasteiger partial charge in [-0.1, -0.05) is 41.9 Å². The maximum absolute atomic E-state index is 13.2. The standard InChI is InChI=1S/C24H29ClF3N3O3/c1-23(2,3)34-22(33)31-10-9-30(14-16-7-5-4-6-8-16)15-18(31)12-20(32)19-11-17(24(26,27)28)13-29-21(19)25/h4-8,11,13,18,20,32H,9-10,12,14-15H2,1-3H3. The van der Waals surface area contributed by atoms with Gasteiger partial charge < -0.3 is 14.7 Å². The van der Waals surface area contributed by atoms with Crippen LogP contribution in [-0.2, 0) is 17.5 Å². The summed E-state index contributed by atoms with van der Waals surface area (Å²) in [6.45, 7) is 7.27. The molecule has 2 heterocycles. The van der Waals surface area contributed by atoms with Gasteiger partial charge in [0, 0.05) is 37.9 Å². The van der Waals surface area contributed by atoms with Gasteiger partial charge in [0.2, 0.25) is 0 Å². The molecule has 0 spiro atoms. The van der Waals surface area contributed by atoms with Crippen LogP contribution in [0.1, 0.15) is 50.0 Å². The van der Waals surface area contributed by atoms with Crippen molar-refractivity contribution in [2.24, 2.45) is 0 Å². The first-order valence-electron chi connectivity index (χ1n) is 11.0. The second-order valence-electron chi connectivity index (χ2n) is 9.40. The van der Waals surface area contributed by atoms with Crippen LogP contribution in [0.3, 0.4) is 0 Å². The number of nitrogens with zero attached hydrogens (tertiary/aromatic N) is 3. The predicted octanol–water partition coefficient (Wildman–Crippen LogP) is 5.30. The first-order chi connectivity index (χ1) is 15.8. The zero-order chi connectivity index (χ0) is 25.1. The first-order valence-corrected chi connectivity index (χ1v) is 11.4. The minimum Gasteiger partial charge on any atom is -0.444 e. The van der Waals surface area contributed by atoms with Crippen molar-refractivity contribution in [2.75, 3.05) is 19.6 Å². The van der Waals surface area contributed by atoms with E-state index in [1.165, 1.54) is 4.90 Å². The summed E-state index contributed by atoms with van der Waals surface area (Å²) in [7, 11) is 0. The Morgan fingerprint density at radius 1 is 1.24 bits per heavy atom. The zero-order valence-corrected chi connectivity index (χ0v) is 20.1.